The van der Waals surface area contributed by atoms with E-state index >= 15 is 0 Å². The average Bonchev–Trinajstić information content (AvgIpc) is 2.85. The van der Waals surface area contributed by atoms with Crippen molar-refractivity contribution >= 4 is 67.0 Å². The molecule has 0 N–H and O–H groups in total. The maximum atomic E-state index is 6.00. The van der Waals surface area contributed by atoms with Gasteiger partial charge >= 0.3 is 7.12 Å². The van der Waals surface area contributed by atoms with E-state index in [1.54, 1.807) is 14.2 Å². The standard InChI is InChI=1S/C13H18BBrO3.C7H6BrIO/c1-12(2)13(3,4)18-14(17-12)9-6-7-10(15)11(8-9)16-5;1-10-7-4-5(9)2-3-6(7)8/h6-8H,1-5H3;2-4H,1H3. The van der Waals surface area contributed by atoms with Crippen LogP contribution >= 0.6 is 54.5 Å². The predicted octanol–water partition coefficient (Wildman–Crippen LogP) is 5.82. The van der Waals surface area contributed by atoms with Crippen molar-refractivity contribution in [3.05, 3.63) is 48.9 Å². The van der Waals surface area contributed by atoms with Crippen LogP contribution < -0.4 is 14.9 Å². The third-order valence-electron chi connectivity index (χ3n) is 4.81. The zero-order valence-corrected chi connectivity index (χ0v) is 22.1. The number of hydrogen-bond acceptors (Lipinski definition) is 4. The molecular weight excluding hydrogens is 602 g/mol. The number of benzene rings is 2. The quantitative estimate of drug-likeness (QED) is 0.318. The van der Waals surface area contributed by atoms with Gasteiger partial charge in [0.05, 0.1) is 34.4 Å². The van der Waals surface area contributed by atoms with Gasteiger partial charge in [-0.15, -0.1) is 0 Å². The van der Waals surface area contributed by atoms with Crippen LogP contribution in [0.5, 0.6) is 11.5 Å². The molecule has 1 saturated heterocycles. The molecule has 1 aliphatic rings. The third-order valence-corrected chi connectivity index (χ3v) is 6.79. The molecular formula is C20H24BBr2IO4. The van der Waals surface area contributed by atoms with E-state index in [-0.39, 0.29) is 18.3 Å². The lowest BCUT2D eigenvalue weighted by atomic mass is 9.79. The van der Waals surface area contributed by atoms with Gasteiger partial charge < -0.3 is 18.8 Å². The van der Waals surface area contributed by atoms with Crippen molar-refractivity contribution in [2.45, 2.75) is 38.9 Å². The Hall–Kier alpha value is -0.285. The lowest BCUT2D eigenvalue weighted by Gasteiger charge is -2.32. The van der Waals surface area contributed by atoms with Crippen LogP contribution in [0.3, 0.4) is 0 Å². The maximum absolute atomic E-state index is 6.00. The summed E-state index contributed by atoms with van der Waals surface area (Å²) >= 11 is 9.04. The smallest absolute Gasteiger partial charge is 0.494 e. The van der Waals surface area contributed by atoms with E-state index in [0.717, 1.165) is 25.9 Å². The summed E-state index contributed by atoms with van der Waals surface area (Å²) in [4.78, 5) is 0. The van der Waals surface area contributed by atoms with Gasteiger partial charge in [0.25, 0.3) is 0 Å². The van der Waals surface area contributed by atoms with Crippen LogP contribution in [-0.4, -0.2) is 32.5 Å². The molecule has 0 atom stereocenters. The van der Waals surface area contributed by atoms with Crippen LogP contribution in [-0.2, 0) is 9.31 Å². The molecule has 1 fully saturated rings. The zero-order valence-electron chi connectivity index (χ0n) is 16.8. The summed E-state index contributed by atoms with van der Waals surface area (Å²) in [7, 11) is 2.96. The van der Waals surface area contributed by atoms with Gasteiger partial charge in [-0.2, -0.15) is 0 Å². The first-order valence-electron chi connectivity index (χ1n) is 8.69. The summed E-state index contributed by atoms with van der Waals surface area (Å²) in [5.74, 6) is 1.66. The highest BCUT2D eigenvalue weighted by Gasteiger charge is 2.51. The van der Waals surface area contributed by atoms with Crippen LogP contribution in [0.2, 0.25) is 0 Å². The topological polar surface area (TPSA) is 36.9 Å². The Morgan fingerprint density at radius 2 is 1.29 bits per heavy atom. The molecule has 8 heteroatoms. The summed E-state index contributed by atoms with van der Waals surface area (Å²) < 4.78 is 25.5. The van der Waals surface area contributed by atoms with Gasteiger partial charge in [0.2, 0.25) is 0 Å². The van der Waals surface area contributed by atoms with E-state index in [1.807, 2.05) is 64.1 Å². The van der Waals surface area contributed by atoms with Gasteiger partial charge in [-0.3, -0.25) is 0 Å². The summed E-state index contributed by atoms with van der Waals surface area (Å²) in [6.07, 6.45) is 0. The van der Waals surface area contributed by atoms with E-state index < -0.39 is 0 Å². The fourth-order valence-electron chi connectivity index (χ4n) is 2.44. The van der Waals surface area contributed by atoms with Crippen LogP contribution in [0.25, 0.3) is 0 Å². The molecule has 1 heterocycles. The Balaban J connectivity index is 0.000000237. The summed E-state index contributed by atoms with van der Waals surface area (Å²) in [5, 5.41) is 0. The van der Waals surface area contributed by atoms with Gasteiger partial charge in [0.15, 0.2) is 0 Å². The van der Waals surface area contributed by atoms with E-state index in [9.17, 15) is 0 Å². The van der Waals surface area contributed by atoms with Crippen molar-refractivity contribution in [2.75, 3.05) is 14.2 Å². The second kappa shape index (κ2) is 9.68. The van der Waals surface area contributed by atoms with E-state index in [0.29, 0.717) is 0 Å². The second-order valence-electron chi connectivity index (χ2n) is 7.26. The van der Waals surface area contributed by atoms with Crippen molar-refractivity contribution in [3.63, 3.8) is 0 Å². The van der Waals surface area contributed by atoms with Gasteiger partial charge in [-0.05, 0) is 118 Å². The number of methoxy groups -OCH3 is 2. The molecule has 3 rings (SSSR count). The van der Waals surface area contributed by atoms with E-state index in [4.69, 9.17) is 18.8 Å². The normalized spacial score (nSPS) is 17.0. The first-order valence-corrected chi connectivity index (χ1v) is 11.4. The van der Waals surface area contributed by atoms with Crippen molar-refractivity contribution < 1.29 is 18.8 Å². The zero-order chi connectivity index (χ0) is 21.1. The predicted molar refractivity (Wildman–Crippen MR) is 130 cm³/mol. The number of halogens is 3. The average molecular weight is 626 g/mol. The largest absolute Gasteiger partial charge is 0.496 e. The molecule has 0 radical (unpaired) electrons. The van der Waals surface area contributed by atoms with E-state index in [2.05, 4.69) is 54.5 Å². The van der Waals surface area contributed by atoms with Gasteiger partial charge in [-0.1, -0.05) is 6.07 Å². The summed E-state index contributed by atoms with van der Waals surface area (Å²) in [6.45, 7) is 8.18. The Bertz CT molecular complexity index is 814. The molecule has 152 valence electrons. The third kappa shape index (κ3) is 5.65. The van der Waals surface area contributed by atoms with Crippen LogP contribution in [0.1, 0.15) is 27.7 Å². The van der Waals surface area contributed by atoms with Crippen molar-refractivity contribution in [2.24, 2.45) is 0 Å². The highest BCUT2D eigenvalue weighted by molar-refractivity contribution is 14.1. The van der Waals surface area contributed by atoms with Crippen LogP contribution in [0.4, 0.5) is 0 Å². The van der Waals surface area contributed by atoms with Gasteiger partial charge in [-0.25, -0.2) is 0 Å². The molecule has 1 aliphatic heterocycles. The summed E-state index contributed by atoms with van der Waals surface area (Å²) in [6, 6.07) is 11.8. The van der Waals surface area contributed by atoms with Gasteiger partial charge in [0, 0.05) is 3.57 Å². The first kappa shape index (κ1) is 24.0. The van der Waals surface area contributed by atoms with Crippen LogP contribution in [0.15, 0.2) is 45.3 Å². The molecule has 4 nitrogen and oxygen atoms in total. The Morgan fingerprint density at radius 1 is 0.821 bits per heavy atom. The number of rotatable bonds is 3. The first-order chi connectivity index (χ1) is 13.0. The van der Waals surface area contributed by atoms with Crippen molar-refractivity contribution in [1.82, 2.24) is 0 Å². The fraction of sp³-hybridized carbons (Fsp3) is 0.400. The fourth-order valence-corrected chi connectivity index (χ4v) is 3.72. The lowest BCUT2D eigenvalue weighted by Crippen LogP contribution is -2.41. The Kier molecular flexibility index (Phi) is 8.29. The second-order valence-corrected chi connectivity index (χ2v) is 10.2. The molecule has 0 saturated carbocycles. The Labute approximate surface area is 198 Å². The molecule has 0 aliphatic carbocycles. The minimum absolute atomic E-state index is 0.321. The maximum Gasteiger partial charge on any atom is 0.494 e. The lowest BCUT2D eigenvalue weighted by molar-refractivity contribution is 0.00578. The molecule has 2 aromatic rings. The molecule has 0 amide bonds. The minimum atomic E-state index is -0.350. The highest BCUT2D eigenvalue weighted by Crippen LogP contribution is 2.37. The van der Waals surface area contributed by atoms with E-state index in [1.165, 1.54) is 3.57 Å². The summed E-state index contributed by atoms with van der Waals surface area (Å²) in [5.41, 5.74) is 0.323. The SMILES string of the molecule is COc1cc(B2OC(C)(C)C(C)(C)O2)ccc1Br.COc1cc(I)ccc1Br. The molecule has 2 aromatic carbocycles. The van der Waals surface area contributed by atoms with Crippen molar-refractivity contribution in [3.8, 4) is 11.5 Å². The molecule has 0 spiro atoms. The minimum Gasteiger partial charge on any atom is -0.496 e. The molecule has 0 bridgehead atoms. The molecule has 28 heavy (non-hydrogen) atoms. The molecule has 0 unspecified atom stereocenters. The molecule has 0 aromatic heterocycles. The number of hydrogen-bond donors (Lipinski definition) is 0. The van der Waals surface area contributed by atoms with Crippen molar-refractivity contribution in [1.29, 1.82) is 0 Å². The monoisotopic (exact) mass is 624 g/mol. The van der Waals surface area contributed by atoms with Gasteiger partial charge in [0.1, 0.15) is 11.5 Å². The highest BCUT2D eigenvalue weighted by atomic mass is 127. The Morgan fingerprint density at radius 3 is 1.75 bits per heavy atom. The van der Waals surface area contributed by atoms with Crippen LogP contribution in [0, 0.1) is 3.57 Å². The number of ether oxygens (including phenoxy) is 2.